The average molecular weight is 393 g/mol. The third kappa shape index (κ3) is 3.75. The Balaban J connectivity index is 1.88. The van der Waals surface area contributed by atoms with Crippen molar-refractivity contribution in [2.24, 2.45) is 0 Å². The number of aryl methyl sites for hydroxylation is 1. The van der Waals surface area contributed by atoms with E-state index in [0.29, 0.717) is 16.9 Å². The maximum Gasteiger partial charge on any atom is 0.433 e. The molecule has 4 aromatic rings. The van der Waals surface area contributed by atoms with Crippen LogP contribution < -0.4 is 5.73 Å². The van der Waals surface area contributed by atoms with Crippen LogP contribution in [-0.2, 0) is 6.18 Å². The largest absolute Gasteiger partial charge is 0.433 e. The van der Waals surface area contributed by atoms with Crippen LogP contribution in [0.5, 0.6) is 0 Å². The van der Waals surface area contributed by atoms with Crippen molar-refractivity contribution in [3.8, 4) is 23.1 Å². The maximum absolute atomic E-state index is 13.6. The van der Waals surface area contributed by atoms with Crippen molar-refractivity contribution in [3.05, 3.63) is 77.2 Å². The molecule has 8 heteroatoms. The highest BCUT2D eigenvalue weighted by atomic mass is 19.4. The molecule has 2 N–H and O–H groups in total. The summed E-state index contributed by atoms with van der Waals surface area (Å²) in [5.74, 6) is 6.03. The number of pyridine rings is 1. The fourth-order valence-electron chi connectivity index (χ4n) is 2.74. The Labute approximate surface area is 164 Å². The van der Waals surface area contributed by atoms with E-state index in [2.05, 4.69) is 26.9 Å². The SMILES string of the molecule is Cc1ccc(-c2cc(C(F)(F)F)n3ncc(C#Cc4ccc(N)nc4)c3n2)cc1. The summed E-state index contributed by atoms with van der Waals surface area (Å²) in [6, 6.07) is 11.4. The van der Waals surface area contributed by atoms with Gasteiger partial charge in [0.25, 0.3) is 0 Å². The molecule has 0 radical (unpaired) electrons. The van der Waals surface area contributed by atoms with Crippen molar-refractivity contribution in [3.63, 3.8) is 0 Å². The van der Waals surface area contributed by atoms with E-state index < -0.39 is 11.9 Å². The number of benzene rings is 1. The zero-order valence-corrected chi connectivity index (χ0v) is 15.2. The Morgan fingerprint density at radius 1 is 1.00 bits per heavy atom. The van der Waals surface area contributed by atoms with Crippen molar-refractivity contribution >= 4 is 11.5 Å². The number of aromatic nitrogens is 4. The summed E-state index contributed by atoms with van der Waals surface area (Å²) in [5.41, 5.74) is 7.28. The van der Waals surface area contributed by atoms with Crippen LogP contribution in [0.25, 0.3) is 16.9 Å². The fourth-order valence-corrected chi connectivity index (χ4v) is 2.74. The lowest BCUT2D eigenvalue weighted by atomic mass is 10.1. The van der Waals surface area contributed by atoms with Crippen LogP contribution in [0.3, 0.4) is 0 Å². The molecule has 0 aliphatic heterocycles. The van der Waals surface area contributed by atoms with Crippen LogP contribution >= 0.6 is 0 Å². The third-order valence-corrected chi connectivity index (χ3v) is 4.24. The van der Waals surface area contributed by atoms with Crippen LogP contribution in [0.15, 0.2) is 54.9 Å². The van der Waals surface area contributed by atoms with Gasteiger partial charge in [-0.2, -0.15) is 18.3 Å². The van der Waals surface area contributed by atoms with Gasteiger partial charge in [-0.1, -0.05) is 41.7 Å². The van der Waals surface area contributed by atoms with E-state index in [1.165, 1.54) is 12.4 Å². The first kappa shape index (κ1) is 18.5. The van der Waals surface area contributed by atoms with Gasteiger partial charge in [0.1, 0.15) is 5.82 Å². The summed E-state index contributed by atoms with van der Waals surface area (Å²) in [7, 11) is 0. The van der Waals surface area contributed by atoms with Crippen molar-refractivity contribution in [1.82, 2.24) is 19.6 Å². The second-order valence-corrected chi connectivity index (χ2v) is 6.41. The molecule has 1 aromatic carbocycles. The van der Waals surface area contributed by atoms with Crippen molar-refractivity contribution in [2.45, 2.75) is 13.1 Å². The lowest BCUT2D eigenvalue weighted by Crippen LogP contribution is -2.13. The molecule has 3 aromatic heterocycles. The number of anilines is 1. The van der Waals surface area contributed by atoms with Gasteiger partial charge >= 0.3 is 6.18 Å². The lowest BCUT2D eigenvalue weighted by Gasteiger charge is -2.11. The molecule has 29 heavy (non-hydrogen) atoms. The molecule has 5 nitrogen and oxygen atoms in total. The first-order valence-corrected chi connectivity index (χ1v) is 8.58. The Bertz CT molecular complexity index is 1240. The van der Waals surface area contributed by atoms with Gasteiger partial charge in [-0.25, -0.2) is 14.5 Å². The first-order valence-electron chi connectivity index (χ1n) is 8.58. The van der Waals surface area contributed by atoms with Crippen LogP contribution in [0, 0.1) is 18.8 Å². The number of nitrogens with two attached hydrogens (primary N) is 1. The second kappa shape index (κ2) is 6.95. The molecule has 3 heterocycles. The van der Waals surface area contributed by atoms with E-state index in [4.69, 9.17) is 5.73 Å². The van der Waals surface area contributed by atoms with Gasteiger partial charge in [-0.3, -0.25) is 0 Å². The monoisotopic (exact) mass is 393 g/mol. The summed E-state index contributed by atoms with van der Waals surface area (Å²) >= 11 is 0. The van der Waals surface area contributed by atoms with E-state index in [-0.39, 0.29) is 16.9 Å². The van der Waals surface area contributed by atoms with Crippen LogP contribution in [0.4, 0.5) is 19.0 Å². The molecule has 0 bridgehead atoms. The summed E-state index contributed by atoms with van der Waals surface area (Å²) in [6.07, 6.45) is -1.84. The molecule has 144 valence electrons. The van der Waals surface area contributed by atoms with Gasteiger partial charge in [0.05, 0.1) is 17.5 Å². The Morgan fingerprint density at radius 3 is 2.41 bits per heavy atom. The van der Waals surface area contributed by atoms with Gasteiger partial charge in [0, 0.05) is 17.3 Å². The molecule has 0 amide bonds. The third-order valence-electron chi connectivity index (χ3n) is 4.24. The summed E-state index contributed by atoms with van der Waals surface area (Å²) in [5, 5.41) is 3.86. The molecular formula is C21H14F3N5. The van der Waals surface area contributed by atoms with Crippen LogP contribution in [0.1, 0.15) is 22.4 Å². The summed E-state index contributed by atoms with van der Waals surface area (Å²) < 4.78 is 41.7. The van der Waals surface area contributed by atoms with E-state index in [1.807, 2.05) is 19.1 Å². The quantitative estimate of drug-likeness (QED) is 0.495. The molecule has 0 saturated carbocycles. The molecule has 0 atom stereocenters. The van der Waals surface area contributed by atoms with Crippen LogP contribution in [-0.4, -0.2) is 19.6 Å². The lowest BCUT2D eigenvalue weighted by molar-refractivity contribution is -0.142. The van der Waals surface area contributed by atoms with E-state index in [0.717, 1.165) is 16.1 Å². The van der Waals surface area contributed by atoms with Crippen molar-refractivity contribution < 1.29 is 13.2 Å². The molecule has 4 rings (SSSR count). The summed E-state index contributed by atoms with van der Waals surface area (Å²) in [6.45, 7) is 1.90. The molecule has 0 unspecified atom stereocenters. The minimum absolute atomic E-state index is 0.0336. The number of alkyl halides is 3. The Hall–Kier alpha value is -3.86. The Kier molecular flexibility index (Phi) is 4.43. The standard InChI is InChI=1S/C21H14F3N5/c1-13-2-6-15(7-3-13)17-10-18(21(22,23)24)29-20(28-17)16(12-27-29)8-4-14-5-9-19(25)26-11-14/h2-3,5-7,9-12H,1H3,(H2,25,26). The van der Waals surface area contributed by atoms with E-state index in [9.17, 15) is 13.2 Å². The number of nitrogens with zero attached hydrogens (tertiary/aromatic N) is 4. The minimum Gasteiger partial charge on any atom is -0.384 e. The van der Waals surface area contributed by atoms with Gasteiger partial charge in [0.15, 0.2) is 11.3 Å². The minimum atomic E-state index is -4.60. The van der Waals surface area contributed by atoms with Gasteiger partial charge in [0.2, 0.25) is 0 Å². The summed E-state index contributed by atoms with van der Waals surface area (Å²) in [4.78, 5) is 8.34. The van der Waals surface area contributed by atoms with Gasteiger partial charge < -0.3 is 5.73 Å². The average Bonchev–Trinajstić information content (AvgIpc) is 3.09. The zero-order chi connectivity index (χ0) is 20.6. The second-order valence-electron chi connectivity index (χ2n) is 6.41. The fraction of sp³-hybridized carbons (Fsp3) is 0.0952. The molecule has 0 saturated heterocycles. The van der Waals surface area contributed by atoms with Gasteiger partial charge in [-0.05, 0) is 25.1 Å². The number of rotatable bonds is 1. The van der Waals surface area contributed by atoms with Gasteiger partial charge in [-0.15, -0.1) is 0 Å². The predicted octanol–water partition coefficient (Wildman–Crippen LogP) is 4.10. The van der Waals surface area contributed by atoms with Crippen molar-refractivity contribution in [1.29, 1.82) is 0 Å². The number of nitrogen functional groups attached to an aromatic ring is 1. The number of hydrogen-bond donors (Lipinski definition) is 1. The number of fused-ring (bicyclic) bond motifs is 1. The van der Waals surface area contributed by atoms with E-state index in [1.54, 1.807) is 24.3 Å². The smallest absolute Gasteiger partial charge is 0.384 e. The highest BCUT2D eigenvalue weighted by Gasteiger charge is 2.35. The maximum atomic E-state index is 13.6. The normalized spacial score (nSPS) is 11.3. The number of hydrogen-bond acceptors (Lipinski definition) is 4. The molecular weight excluding hydrogens is 379 g/mol. The highest BCUT2D eigenvalue weighted by molar-refractivity contribution is 5.66. The first-order chi connectivity index (χ1) is 13.8. The van der Waals surface area contributed by atoms with Crippen LogP contribution in [0.2, 0.25) is 0 Å². The zero-order valence-electron chi connectivity index (χ0n) is 15.2. The predicted molar refractivity (Wildman–Crippen MR) is 103 cm³/mol. The van der Waals surface area contributed by atoms with Crippen molar-refractivity contribution in [2.75, 3.05) is 5.73 Å². The molecule has 0 spiro atoms. The van der Waals surface area contributed by atoms with E-state index >= 15 is 0 Å². The topological polar surface area (TPSA) is 69.1 Å². The molecule has 0 fully saturated rings. The highest BCUT2D eigenvalue weighted by Crippen LogP contribution is 2.32. The Morgan fingerprint density at radius 2 is 1.76 bits per heavy atom. The molecule has 0 aliphatic rings. The number of halogens is 3. The molecule has 0 aliphatic carbocycles.